The number of aromatic nitrogens is 1. The fourth-order valence-corrected chi connectivity index (χ4v) is 4.56. The number of piperidine rings is 1. The molecule has 2 aliphatic heterocycles. The van der Waals surface area contributed by atoms with Crippen molar-refractivity contribution in [3.63, 3.8) is 0 Å². The summed E-state index contributed by atoms with van der Waals surface area (Å²) in [4.78, 5) is 21.4. The van der Waals surface area contributed by atoms with E-state index in [9.17, 15) is 4.79 Å². The molecule has 4 rings (SSSR count). The van der Waals surface area contributed by atoms with Crippen molar-refractivity contribution in [3.05, 3.63) is 30.1 Å². The zero-order valence-corrected chi connectivity index (χ0v) is 15.2. The summed E-state index contributed by atoms with van der Waals surface area (Å²) < 4.78 is 6.21. The molecule has 2 saturated heterocycles. The highest BCUT2D eigenvalue weighted by Gasteiger charge is 2.43. The van der Waals surface area contributed by atoms with Crippen LogP contribution in [0.2, 0.25) is 0 Å². The summed E-state index contributed by atoms with van der Waals surface area (Å²) in [6.07, 6.45) is 7.89. The lowest BCUT2D eigenvalue weighted by atomic mass is 9.75. The number of pyridine rings is 1. The molecule has 3 aliphatic rings. The van der Waals surface area contributed by atoms with Gasteiger partial charge in [0.15, 0.2) is 0 Å². The highest BCUT2D eigenvalue weighted by Crippen LogP contribution is 2.37. The van der Waals surface area contributed by atoms with E-state index in [2.05, 4.69) is 33.8 Å². The van der Waals surface area contributed by atoms with Crippen molar-refractivity contribution in [2.24, 2.45) is 11.8 Å². The maximum atomic E-state index is 12.7. The van der Waals surface area contributed by atoms with E-state index in [1.807, 2.05) is 12.4 Å². The first-order chi connectivity index (χ1) is 12.1. The molecule has 0 N–H and O–H groups in total. The van der Waals surface area contributed by atoms with E-state index in [-0.39, 0.29) is 11.5 Å². The van der Waals surface area contributed by atoms with Gasteiger partial charge in [-0.1, -0.05) is 6.92 Å². The molecular formula is C20H29N3O2. The Morgan fingerprint density at radius 3 is 2.64 bits per heavy atom. The maximum absolute atomic E-state index is 12.7. The van der Waals surface area contributed by atoms with Crippen LogP contribution in [0.5, 0.6) is 0 Å². The summed E-state index contributed by atoms with van der Waals surface area (Å²) in [5, 5.41) is 0. The van der Waals surface area contributed by atoms with Crippen LogP contribution < -0.4 is 0 Å². The minimum Gasteiger partial charge on any atom is -0.371 e. The van der Waals surface area contributed by atoms with Gasteiger partial charge in [-0.15, -0.1) is 0 Å². The Balaban J connectivity index is 1.31. The number of carbonyl (C=O) groups is 1. The van der Waals surface area contributed by atoms with Crippen LogP contribution in [0.3, 0.4) is 0 Å². The first kappa shape index (κ1) is 17.0. The van der Waals surface area contributed by atoms with Gasteiger partial charge >= 0.3 is 0 Å². The number of hydrogen-bond acceptors (Lipinski definition) is 4. The summed E-state index contributed by atoms with van der Waals surface area (Å²) in [6, 6.07) is 4.17. The van der Waals surface area contributed by atoms with Gasteiger partial charge in [0.25, 0.3) is 0 Å². The summed E-state index contributed by atoms with van der Waals surface area (Å²) in [5.74, 6) is 1.37. The van der Waals surface area contributed by atoms with Crippen molar-refractivity contribution in [1.29, 1.82) is 0 Å². The van der Waals surface area contributed by atoms with E-state index in [1.54, 1.807) is 0 Å². The van der Waals surface area contributed by atoms with Gasteiger partial charge in [0.1, 0.15) is 0 Å². The van der Waals surface area contributed by atoms with Crippen LogP contribution in [0, 0.1) is 11.8 Å². The normalized spacial score (nSPS) is 29.4. The van der Waals surface area contributed by atoms with Crippen molar-refractivity contribution >= 4 is 5.91 Å². The van der Waals surface area contributed by atoms with Gasteiger partial charge < -0.3 is 9.64 Å². The molecule has 0 bridgehead atoms. The molecular weight excluding hydrogens is 314 g/mol. The van der Waals surface area contributed by atoms with Crippen LogP contribution in [-0.4, -0.2) is 59.1 Å². The van der Waals surface area contributed by atoms with Gasteiger partial charge in [0.2, 0.25) is 5.91 Å². The number of likely N-dealkylation sites (tertiary alicyclic amines) is 1. The lowest BCUT2D eigenvalue weighted by Gasteiger charge is -2.48. The number of rotatable bonds is 3. The number of hydrogen-bond donors (Lipinski definition) is 0. The van der Waals surface area contributed by atoms with E-state index in [0.29, 0.717) is 12.5 Å². The first-order valence-electron chi connectivity index (χ1n) is 9.68. The van der Waals surface area contributed by atoms with Gasteiger partial charge in [0, 0.05) is 51.0 Å². The number of nitrogens with zero attached hydrogens (tertiary/aromatic N) is 3. The lowest BCUT2D eigenvalue weighted by Crippen LogP contribution is -2.59. The molecule has 1 spiro atoms. The third-order valence-electron chi connectivity index (χ3n) is 6.21. The fourth-order valence-electron chi connectivity index (χ4n) is 4.56. The second-order valence-corrected chi connectivity index (χ2v) is 8.20. The molecule has 1 amide bonds. The smallest absolute Gasteiger partial charge is 0.225 e. The highest BCUT2D eigenvalue weighted by atomic mass is 16.5. The van der Waals surface area contributed by atoms with Crippen LogP contribution in [-0.2, 0) is 16.1 Å². The lowest BCUT2D eigenvalue weighted by molar-refractivity contribution is -0.166. The molecule has 1 saturated carbocycles. The molecule has 3 heterocycles. The third kappa shape index (κ3) is 3.72. The number of ether oxygens (including phenoxy) is 1. The topological polar surface area (TPSA) is 45.7 Å². The Morgan fingerprint density at radius 1 is 1.24 bits per heavy atom. The Bertz CT molecular complexity index is 592. The minimum atomic E-state index is -0.113. The standard InChI is InChI=1S/C20H29N3O2/c1-16-12-18(13-16)19(24)23-10-11-25-20(15-23)4-8-22(9-5-20)14-17-2-6-21-7-3-17/h2-3,6-7,16,18H,4-5,8-15H2,1H3. The van der Waals surface area contributed by atoms with Gasteiger partial charge in [0.05, 0.1) is 12.2 Å². The zero-order chi connectivity index (χ0) is 17.3. The van der Waals surface area contributed by atoms with Crippen molar-refractivity contribution in [1.82, 2.24) is 14.8 Å². The molecule has 1 aliphatic carbocycles. The Hall–Kier alpha value is -1.46. The quantitative estimate of drug-likeness (QED) is 0.845. The molecule has 5 nitrogen and oxygen atoms in total. The predicted octanol–water partition coefficient (Wildman–Crippen LogP) is 2.32. The Morgan fingerprint density at radius 2 is 1.96 bits per heavy atom. The van der Waals surface area contributed by atoms with E-state index in [1.165, 1.54) is 5.56 Å². The van der Waals surface area contributed by atoms with E-state index < -0.39 is 0 Å². The second kappa shape index (κ2) is 7.04. The monoisotopic (exact) mass is 343 g/mol. The fraction of sp³-hybridized carbons (Fsp3) is 0.700. The minimum absolute atomic E-state index is 0.113. The van der Waals surface area contributed by atoms with Gasteiger partial charge in [-0.3, -0.25) is 14.7 Å². The zero-order valence-electron chi connectivity index (χ0n) is 15.2. The van der Waals surface area contributed by atoms with Crippen LogP contribution in [0.25, 0.3) is 0 Å². The molecule has 0 unspecified atom stereocenters. The SMILES string of the molecule is CC1CC(C(=O)N2CCOC3(CCN(Cc4ccncc4)CC3)C2)C1. The van der Waals surface area contributed by atoms with Crippen LogP contribution >= 0.6 is 0 Å². The number of morpholine rings is 1. The third-order valence-corrected chi connectivity index (χ3v) is 6.21. The molecule has 0 aromatic carbocycles. The Kier molecular flexibility index (Phi) is 4.78. The average Bonchev–Trinajstić information content (AvgIpc) is 2.62. The largest absolute Gasteiger partial charge is 0.371 e. The van der Waals surface area contributed by atoms with Crippen molar-refractivity contribution in [2.45, 2.75) is 44.8 Å². The summed E-state index contributed by atoms with van der Waals surface area (Å²) in [7, 11) is 0. The second-order valence-electron chi connectivity index (χ2n) is 8.20. The molecule has 3 fully saturated rings. The van der Waals surface area contributed by atoms with Crippen LogP contribution in [0.1, 0.15) is 38.2 Å². The van der Waals surface area contributed by atoms with E-state index in [4.69, 9.17) is 4.74 Å². The molecule has 25 heavy (non-hydrogen) atoms. The average molecular weight is 343 g/mol. The van der Waals surface area contributed by atoms with Gasteiger partial charge in [-0.2, -0.15) is 0 Å². The Labute approximate surface area is 150 Å². The predicted molar refractivity (Wildman–Crippen MR) is 95.9 cm³/mol. The summed E-state index contributed by atoms with van der Waals surface area (Å²) in [6.45, 7) is 7.53. The van der Waals surface area contributed by atoms with Crippen LogP contribution in [0.4, 0.5) is 0 Å². The molecule has 1 aromatic rings. The van der Waals surface area contributed by atoms with E-state index in [0.717, 1.165) is 64.3 Å². The van der Waals surface area contributed by atoms with Crippen molar-refractivity contribution < 1.29 is 9.53 Å². The van der Waals surface area contributed by atoms with Gasteiger partial charge in [-0.05, 0) is 49.3 Å². The molecule has 0 radical (unpaired) electrons. The molecule has 1 aromatic heterocycles. The maximum Gasteiger partial charge on any atom is 0.225 e. The summed E-state index contributed by atoms with van der Waals surface area (Å²) >= 11 is 0. The van der Waals surface area contributed by atoms with E-state index >= 15 is 0 Å². The number of amides is 1. The van der Waals surface area contributed by atoms with Crippen molar-refractivity contribution in [3.8, 4) is 0 Å². The molecule has 0 atom stereocenters. The van der Waals surface area contributed by atoms with Gasteiger partial charge in [-0.25, -0.2) is 0 Å². The number of carbonyl (C=O) groups excluding carboxylic acids is 1. The highest BCUT2D eigenvalue weighted by molar-refractivity contribution is 5.80. The molecule has 5 heteroatoms. The van der Waals surface area contributed by atoms with Crippen LogP contribution in [0.15, 0.2) is 24.5 Å². The van der Waals surface area contributed by atoms with Crippen molar-refractivity contribution in [2.75, 3.05) is 32.8 Å². The summed E-state index contributed by atoms with van der Waals surface area (Å²) in [5.41, 5.74) is 1.20. The first-order valence-corrected chi connectivity index (χ1v) is 9.68. The molecule has 136 valence electrons.